The number of aliphatic carboxylic acids is 1. The van der Waals surface area contributed by atoms with E-state index in [0.717, 1.165) is 0 Å². The number of halogens is 2. The highest BCUT2D eigenvalue weighted by Crippen LogP contribution is 2.21. The first-order valence-corrected chi connectivity index (χ1v) is 6.09. The third-order valence-corrected chi connectivity index (χ3v) is 2.95. The molecular formula is C12H13Cl2NO3. The van der Waals surface area contributed by atoms with Crippen LogP contribution in [0, 0.1) is 0 Å². The summed E-state index contributed by atoms with van der Waals surface area (Å²) < 4.78 is 0. The van der Waals surface area contributed by atoms with Gasteiger partial charge in [0.1, 0.15) is 0 Å². The Morgan fingerprint density at radius 3 is 2.61 bits per heavy atom. The Bertz CT molecular complexity index is 463. The third-order valence-electron chi connectivity index (χ3n) is 2.39. The summed E-state index contributed by atoms with van der Waals surface area (Å²) in [7, 11) is 1.60. The number of carbonyl (C=O) groups excluding carboxylic acids is 1. The van der Waals surface area contributed by atoms with Crippen LogP contribution < -0.4 is 0 Å². The van der Waals surface area contributed by atoms with E-state index in [0.29, 0.717) is 28.6 Å². The highest BCUT2D eigenvalue weighted by atomic mass is 35.5. The minimum Gasteiger partial charge on any atom is -0.481 e. The van der Waals surface area contributed by atoms with E-state index < -0.39 is 5.97 Å². The Labute approximate surface area is 115 Å². The quantitative estimate of drug-likeness (QED) is 0.907. The molecule has 0 aliphatic heterocycles. The number of amides is 1. The summed E-state index contributed by atoms with van der Waals surface area (Å²) in [4.78, 5) is 23.8. The average Bonchev–Trinajstić information content (AvgIpc) is 2.30. The van der Waals surface area contributed by atoms with Gasteiger partial charge in [-0.15, -0.1) is 0 Å². The molecular weight excluding hydrogens is 277 g/mol. The predicted octanol–water partition coefficient (Wildman–Crippen LogP) is 2.93. The molecule has 4 nitrogen and oxygen atoms in total. The average molecular weight is 290 g/mol. The fourth-order valence-corrected chi connectivity index (χ4v) is 1.81. The lowest BCUT2D eigenvalue weighted by molar-refractivity contribution is -0.137. The molecule has 0 saturated heterocycles. The molecule has 18 heavy (non-hydrogen) atoms. The Morgan fingerprint density at radius 1 is 1.33 bits per heavy atom. The molecule has 0 bridgehead atoms. The van der Waals surface area contributed by atoms with Crippen LogP contribution >= 0.6 is 23.2 Å². The van der Waals surface area contributed by atoms with E-state index in [1.165, 1.54) is 11.0 Å². The SMILES string of the molecule is CN(CCCC(=O)O)C(=O)c1cc(Cl)ccc1Cl. The Balaban J connectivity index is 2.68. The zero-order valence-corrected chi connectivity index (χ0v) is 11.3. The molecule has 0 unspecified atom stereocenters. The number of nitrogens with zero attached hydrogens (tertiary/aromatic N) is 1. The van der Waals surface area contributed by atoms with E-state index in [-0.39, 0.29) is 12.3 Å². The molecule has 0 heterocycles. The van der Waals surface area contributed by atoms with Crippen molar-refractivity contribution in [3.8, 4) is 0 Å². The molecule has 0 fully saturated rings. The molecule has 0 spiro atoms. The molecule has 1 N–H and O–H groups in total. The second-order valence-corrected chi connectivity index (χ2v) is 4.69. The van der Waals surface area contributed by atoms with Gasteiger partial charge in [-0.25, -0.2) is 0 Å². The monoisotopic (exact) mass is 289 g/mol. The van der Waals surface area contributed by atoms with Gasteiger partial charge in [0.25, 0.3) is 5.91 Å². The largest absolute Gasteiger partial charge is 0.481 e. The summed E-state index contributed by atoms with van der Waals surface area (Å²) in [5.41, 5.74) is 0.321. The van der Waals surface area contributed by atoms with Crippen LogP contribution in [0.1, 0.15) is 23.2 Å². The first kappa shape index (κ1) is 14.8. The zero-order valence-electron chi connectivity index (χ0n) is 9.82. The Kier molecular flexibility index (Phi) is 5.44. The molecule has 6 heteroatoms. The fourth-order valence-electron chi connectivity index (χ4n) is 1.44. The Morgan fingerprint density at radius 2 is 2.00 bits per heavy atom. The first-order chi connectivity index (χ1) is 8.41. The van der Waals surface area contributed by atoms with Gasteiger partial charge < -0.3 is 10.0 Å². The zero-order chi connectivity index (χ0) is 13.7. The van der Waals surface area contributed by atoms with Gasteiger partial charge in [0.2, 0.25) is 0 Å². The molecule has 0 aliphatic rings. The molecule has 1 aromatic rings. The maximum atomic E-state index is 12.0. The number of carboxylic acids is 1. The van der Waals surface area contributed by atoms with Crippen molar-refractivity contribution >= 4 is 35.1 Å². The van der Waals surface area contributed by atoms with E-state index in [9.17, 15) is 9.59 Å². The molecule has 0 radical (unpaired) electrons. The lowest BCUT2D eigenvalue weighted by Gasteiger charge is -2.17. The van der Waals surface area contributed by atoms with Crippen molar-refractivity contribution in [1.29, 1.82) is 0 Å². The summed E-state index contributed by atoms with van der Waals surface area (Å²) in [5, 5.41) is 9.28. The molecule has 98 valence electrons. The van der Waals surface area contributed by atoms with Crippen LogP contribution in [0.5, 0.6) is 0 Å². The van der Waals surface area contributed by atoms with Crippen LogP contribution in [0.15, 0.2) is 18.2 Å². The summed E-state index contributed by atoms with van der Waals surface area (Å²) in [6, 6.07) is 4.66. The lowest BCUT2D eigenvalue weighted by atomic mass is 10.2. The van der Waals surface area contributed by atoms with Crippen molar-refractivity contribution in [3.05, 3.63) is 33.8 Å². The van der Waals surface area contributed by atoms with Crippen LogP contribution in [-0.4, -0.2) is 35.5 Å². The van der Waals surface area contributed by atoms with E-state index in [1.54, 1.807) is 19.2 Å². The summed E-state index contributed by atoms with van der Waals surface area (Å²) in [6.45, 7) is 0.355. The smallest absolute Gasteiger partial charge is 0.303 e. The van der Waals surface area contributed by atoms with Gasteiger partial charge in [-0.05, 0) is 24.6 Å². The molecule has 0 aromatic heterocycles. The molecule has 1 amide bonds. The van der Waals surface area contributed by atoms with Crippen molar-refractivity contribution in [2.24, 2.45) is 0 Å². The van der Waals surface area contributed by atoms with Crippen LogP contribution in [0.4, 0.5) is 0 Å². The highest BCUT2D eigenvalue weighted by Gasteiger charge is 2.15. The fraction of sp³-hybridized carbons (Fsp3) is 0.333. The van der Waals surface area contributed by atoms with Crippen molar-refractivity contribution < 1.29 is 14.7 Å². The normalized spacial score (nSPS) is 10.2. The van der Waals surface area contributed by atoms with Crippen LogP contribution in [0.3, 0.4) is 0 Å². The summed E-state index contributed by atoms with van der Waals surface area (Å²) in [6.07, 6.45) is 0.427. The highest BCUT2D eigenvalue weighted by molar-refractivity contribution is 6.35. The lowest BCUT2D eigenvalue weighted by Crippen LogP contribution is -2.28. The van der Waals surface area contributed by atoms with Gasteiger partial charge in [0.15, 0.2) is 0 Å². The van der Waals surface area contributed by atoms with Gasteiger partial charge in [-0.3, -0.25) is 9.59 Å². The van der Waals surface area contributed by atoms with Crippen LogP contribution in [-0.2, 0) is 4.79 Å². The number of carboxylic acid groups (broad SMARTS) is 1. The van der Waals surface area contributed by atoms with E-state index in [1.807, 2.05) is 0 Å². The second kappa shape index (κ2) is 6.61. The van der Waals surface area contributed by atoms with Crippen molar-refractivity contribution in [2.45, 2.75) is 12.8 Å². The number of hydrogen-bond donors (Lipinski definition) is 1. The molecule has 1 rings (SSSR count). The number of benzene rings is 1. The summed E-state index contributed by atoms with van der Waals surface area (Å²) >= 11 is 11.7. The number of rotatable bonds is 5. The predicted molar refractivity (Wildman–Crippen MR) is 70.3 cm³/mol. The van der Waals surface area contributed by atoms with Crippen LogP contribution in [0.2, 0.25) is 10.0 Å². The van der Waals surface area contributed by atoms with Crippen molar-refractivity contribution in [1.82, 2.24) is 4.90 Å². The van der Waals surface area contributed by atoms with E-state index >= 15 is 0 Å². The van der Waals surface area contributed by atoms with E-state index in [4.69, 9.17) is 28.3 Å². The Hall–Kier alpha value is -1.26. The molecule has 1 aromatic carbocycles. The van der Waals surface area contributed by atoms with Gasteiger partial charge in [-0.2, -0.15) is 0 Å². The van der Waals surface area contributed by atoms with Gasteiger partial charge in [0, 0.05) is 25.0 Å². The van der Waals surface area contributed by atoms with Gasteiger partial charge >= 0.3 is 5.97 Å². The van der Waals surface area contributed by atoms with Crippen LogP contribution in [0.25, 0.3) is 0 Å². The topological polar surface area (TPSA) is 57.6 Å². The van der Waals surface area contributed by atoms with Crippen molar-refractivity contribution in [3.63, 3.8) is 0 Å². The standard InChI is InChI=1S/C12H13Cl2NO3/c1-15(6-2-3-11(16)17)12(18)9-7-8(13)4-5-10(9)14/h4-5,7H,2-3,6H2,1H3,(H,16,17). The molecule has 0 saturated carbocycles. The first-order valence-electron chi connectivity index (χ1n) is 5.34. The van der Waals surface area contributed by atoms with Crippen molar-refractivity contribution in [2.75, 3.05) is 13.6 Å². The minimum atomic E-state index is -0.878. The number of carbonyl (C=O) groups is 2. The van der Waals surface area contributed by atoms with E-state index in [2.05, 4.69) is 0 Å². The minimum absolute atomic E-state index is 0.0287. The maximum absolute atomic E-state index is 12.0. The van der Waals surface area contributed by atoms with Gasteiger partial charge in [-0.1, -0.05) is 23.2 Å². The summed E-state index contributed by atoms with van der Waals surface area (Å²) in [5.74, 6) is -1.15. The maximum Gasteiger partial charge on any atom is 0.303 e. The molecule has 0 atom stereocenters. The molecule has 0 aliphatic carbocycles. The third kappa shape index (κ3) is 4.20. The number of hydrogen-bond acceptors (Lipinski definition) is 2. The second-order valence-electron chi connectivity index (χ2n) is 3.85. The van der Waals surface area contributed by atoms with Gasteiger partial charge in [0.05, 0.1) is 10.6 Å².